The van der Waals surface area contributed by atoms with E-state index in [9.17, 15) is 4.79 Å². The minimum absolute atomic E-state index is 0.239. The molecular formula is C14H29N3O. The molecule has 4 heteroatoms. The van der Waals surface area contributed by atoms with Crippen molar-refractivity contribution in [3.63, 3.8) is 0 Å². The van der Waals surface area contributed by atoms with Gasteiger partial charge in [0.05, 0.1) is 5.54 Å². The zero-order chi connectivity index (χ0) is 13.6. The van der Waals surface area contributed by atoms with E-state index < -0.39 is 5.54 Å². The van der Waals surface area contributed by atoms with Crippen LogP contribution < -0.4 is 11.1 Å². The molecular weight excluding hydrogens is 226 g/mol. The van der Waals surface area contributed by atoms with E-state index in [0.717, 1.165) is 38.4 Å². The fraction of sp³-hybridized carbons (Fsp3) is 0.929. The molecule has 4 nitrogen and oxygen atoms in total. The Hall–Kier alpha value is -0.610. The Labute approximate surface area is 111 Å². The SMILES string of the molecule is CCNC(C)(CCCCN(C)C1CCC1)C(N)=O. The van der Waals surface area contributed by atoms with Crippen LogP contribution >= 0.6 is 0 Å². The molecule has 0 aromatic rings. The molecule has 1 aliphatic rings. The molecule has 106 valence electrons. The molecule has 1 atom stereocenters. The second-order valence-electron chi connectivity index (χ2n) is 5.75. The first kappa shape index (κ1) is 15.4. The number of nitrogens with zero attached hydrogens (tertiary/aromatic N) is 1. The first-order chi connectivity index (χ1) is 8.49. The number of likely N-dealkylation sites (N-methyl/N-ethyl adjacent to an activating group) is 1. The van der Waals surface area contributed by atoms with Gasteiger partial charge in [-0.25, -0.2) is 0 Å². The number of unbranched alkanes of at least 4 members (excludes halogenated alkanes) is 1. The lowest BCUT2D eigenvalue weighted by Crippen LogP contribution is -2.53. The number of carbonyl (C=O) groups is 1. The summed E-state index contributed by atoms with van der Waals surface area (Å²) in [5.74, 6) is -0.239. The van der Waals surface area contributed by atoms with Crippen molar-refractivity contribution in [3.8, 4) is 0 Å². The van der Waals surface area contributed by atoms with E-state index >= 15 is 0 Å². The lowest BCUT2D eigenvalue weighted by molar-refractivity contribution is -0.124. The van der Waals surface area contributed by atoms with Crippen LogP contribution in [0.25, 0.3) is 0 Å². The predicted octanol–water partition coefficient (Wildman–Crippen LogP) is 1.49. The number of nitrogens with two attached hydrogens (primary N) is 1. The molecule has 0 spiro atoms. The van der Waals surface area contributed by atoms with Crippen LogP contribution in [0.1, 0.15) is 52.4 Å². The quantitative estimate of drug-likeness (QED) is 0.614. The number of hydrogen-bond acceptors (Lipinski definition) is 3. The van der Waals surface area contributed by atoms with Crippen molar-refractivity contribution in [3.05, 3.63) is 0 Å². The largest absolute Gasteiger partial charge is 0.368 e. The van der Waals surface area contributed by atoms with E-state index in [1.165, 1.54) is 19.3 Å². The minimum atomic E-state index is -0.538. The average molecular weight is 255 g/mol. The Kier molecular flexibility index (Phi) is 6.09. The smallest absolute Gasteiger partial charge is 0.237 e. The third kappa shape index (κ3) is 4.25. The highest BCUT2D eigenvalue weighted by Crippen LogP contribution is 2.24. The van der Waals surface area contributed by atoms with Crippen molar-refractivity contribution in [2.75, 3.05) is 20.1 Å². The fourth-order valence-corrected chi connectivity index (χ4v) is 2.54. The zero-order valence-corrected chi connectivity index (χ0v) is 12.2. The van der Waals surface area contributed by atoms with Crippen LogP contribution in [0.2, 0.25) is 0 Å². The van der Waals surface area contributed by atoms with E-state index in [2.05, 4.69) is 17.3 Å². The molecule has 1 aliphatic carbocycles. The van der Waals surface area contributed by atoms with Gasteiger partial charge in [-0.05, 0) is 59.2 Å². The maximum atomic E-state index is 11.5. The molecule has 0 aromatic carbocycles. The molecule has 1 saturated carbocycles. The van der Waals surface area contributed by atoms with E-state index in [4.69, 9.17) is 5.73 Å². The van der Waals surface area contributed by atoms with Gasteiger partial charge in [0.25, 0.3) is 0 Å². The summed E-state index contributed by atoms with van der Waals surface area (Å²) in [6, 6.07) is 0.807. The lowest BCUT2D eigenvalue weighted by atomic mass is 9.91. The molecule has 0 aliphatic heterocycles. The van der Waals surface area contributed by atoms with Crippen LogP contribution in [-0.2, 0) is 4.79 Å². The molecule has 1 fully saturated rings. The summed E-state index contributed by atoms with van der Waals surface area (Å²) in [7, 11) is 2.21. The fourth-order valence-electron chi connectivity index (χ4n) is 2.54. The highest BCUT2D eigenvalue weighted by molar-refractivity contribution is 5.84. The van der Waals surface area contributed by atoms with Gasteiger partial charge in [-0.2, -0.15) is 0 Å². The maximum absolute atomic E-state index is 11.5. The molecule has 1 rings (SSSR count). The van der Waals surface area contributed by atoms with E-state index in [1.54, 1.807) is 0 Å². The Morgan fingerprint density at radius 3 is 2.56 bits per heavy atom. The third-order valence-electron chi connectivity index (χ3n) is 4.25. The average Bonchev–Trinajstić information content (AvgIpc) is 2.22. The summed E-state index contributed by atoms with van der Waals surface area (Å²) in [4.78, 5) is 13.9. The van der Waals surface area contributed by atoms with Crippen molar-refractivity contribution in [1.29, 1.82) is 0 Å². The van der Waals surface area contributed by atoms with Gasteiger partial charge in [-0.15, -0.1) is 0 Å². The van der Waals surface area contributed by atoms with Gasteiger partial charge in [0.2, 0.25) is 5.91 Å². The van der Waals surface area contributed by atoms with Gasteiger partial charge in [-0.1, -0.05) is 13.3 Å². The van der Waals surface area contributed by atoms with E-state index in [-0.39, 0.29) is 5.91 Å². The number of nitrogens with one attached hydrogen (secondary N) is 1. The van der Waals surface area contributed by atoms with Gasteiger partial charge in [0.1, 0.15) is 0 Å². The standard InChI is InChI=1S/C14H29N3O/c1-4-16-14(2,13(15)18)10-5-6-11-17(3)12-8-7-9-12/h12,16H,4-11H2,1-3H3,(H2,15,18). The summed E-state index contributed by atoms with van der Waals surface area (Å²) >= 11 is 0. The summed E-state index contributed by atoms with van der Waals surface area (Å²) in [5.41, 5.74) is 4.93. The minimum Gasteiger partial charge on any atom is -0.368 e. The second-order valence-corrected chi connectivity index (χ2v) is 5.75. The van der Waals surface area contributed by atoms with Gasteiger partial charge in [-0.3, -0.25) is 4.79 Å². The Balaban J connectivity index is 2.20. The van der Waals surface area contributed by atoms with Crippen LogP contribution in [0.4, 0.5) is 0 Å². The molecule has 3 N–H and O–H groups in total. The first-order valence-electron chi connectivity index (χ1n) is 7.25. The topological polar surface area (TPSA) is 58.4 Å². The van der Waals surface area contributed by atoms with Gasteiger partial charge in [0.15, 0.2) is 0 Å². The summed E-state index contributed by atoms with van der Waals surface area (Å²) < 4.78 is 0. The van der Waals surface area contributed by atoms with Crippen LogP contribution in [-0.4, -0.2) is 42.5 Å². The first-order valence-corrected chi connectivity index (χ1v) is 7.25. The van der Waals surface area contributed by atoms with Gasteiger partial charge < -0.3 is 16.0 Å². The van der Waals surface area contributed by atoms with E-state index in [0.29, 0.717) is 0 Å². The molecule has 1 amide bonds. The van der Waals surface area contributed by atoms with Crippen LogP contribution in [0.3, 0.4) is 0 Å². The van der Waals surface area contributed by atoms with Crippen LogP contribution in [0.15, 0.2) is 0 Å². The van der Waals surface area contributed by atoms with Gasteiger partial charge in [0, 0.05) is 6.04 Å². The lowest BCUT2D eigenvalue weighted by Gasteiger charge is -2.35. The van der Waals surface area contributed by atoms with Crippen molar-refractivity contribution in [2.45, 2.75) is 64.0 Å². The molecule has 18 heavy (non-hydrogen) atoms. The van der Waals surface area contributed by atoms with Crippen molar-refractivity contribution in [2.24, 2.45) is 5.73 Å². The number of rotatable bonds is 9. The summed E-state index contributed by atoms with van der Waals surface area (Å²) in [6.45, 7) is 5.83. The highest BCUT2D eigenvalue weighted by Gasteiger charge is 2.29. The Morgan fingerprint density at radius 1 is 1.44 bits per heavy atom. The van der Waals surface area contributed by atoms with Gasteiger partial charge >= 0.3 is 0 Å². The summed E-state index contributed by atoms with van der Waals surface area (Å²) in [5, 5.41) is 3.20. The Morgan fingerprint density at radius 2 is 2.11 bits per heavy atom. The second kappa shape index (κ2) is 7.10. The zero-order valence-electron chi connectivity index (χ0n) is 12.2. The number of amides is 1. The number of primary amides is 1. The van der Waals surface area contributed by atoms with Crippen molar-refractivity contribution in [1.82, 2.24) is 10.2 Å². The molecule has 0 bridgehead atoms. The van der Waals surface area contributed by atoms with E-state index in [1.807, 2.05) is 13.8 Å². The molecule has 1 unspecified atom stereocenters. The Bertz CT molecular complexity index is 266. The predicted molar refractivity (Wildman–Crippen MR) is 75.4 cm³/mol. The molecule has 0 radical (unpaired) electrons. The normalized spacial score (nSPS) is 19.6. The van der Waals surface area contributed by atoms with Crippen LogP contribution in [0.5, 0.6) is 0 Å². The summed E-state index contributed by atoms with van der Waals surface area (Å²) in [6.07, 6.45) is 7.11. The van der Waals surface area contributed by atoms with Crippen molar-refractivity contribution >= 4 is 5.91 Å². The molecule has 0 aromatic heterocycles. The highest BCUT2D eigenvalue weighted by atomic mass is 16.1. The van der Waals surface area contributed by atoms with Crippen molar-refractivity contribution < 1.29 is 4.79 Å². The maximum Gasteiger partial charge on any atom is 0.237 e. The molecule has 0 saturated heterocycles. The number of hydrogen-bond donors (Lipinski definition) is 2. The third-order valence-corrected chi connectivity index (χ3v) is 4.25. The number of carbonyl (C=O) groups excluding carboxylic acids is 1. The monoisotopic (exact) mass is 255 g/mol. The van der Waals surface area contributed by atoms with Crippen LogP contribution in [0, 0.1) is 0 Å². The molecule has 0 heterocycles.